The molecule has 0 saturated carbocycles. The summed E-state index contributed by atoms with van der Waals surface area (Å²) in [5.41, 5.74) is 0. The lowest BCUT2D eigenvalue weighted by atomic mass is 10.2. The predicted octanol–water partition coefficient (Wildman–Crippen LogP) is 2.38. The van der Waals surface area contributed by atoms with Gasteiger partial charge in [-0.2, -0.15) is 0 Å². The molecule has 0 aliphatic carbocycles. The van der Waals surface area contributed by atoms with Gasteiger partial charge in [-0.15, -0.1) is 0 Å². The molecule has 0 aromatic carbocycles. The molecule has 0 N–H and O–H groups in total. The van der Waals surface area contributed by atoms with Gasteiger partial charge in [0.2, 0.25) is 0 Å². The second-order valence-corrected chi connectivity index (χ2v) is 8.63. The third-order valence-corrected chi connectivity index (χ3v) is 8.37. The maximum Gasteiger partial charge on any atom is 0.288 e. The van der Waals surface area contributed by atoms with Crippen LogP contribution < -0.4 is 0 Å². The lowest BCUT2D eigenvalue weighted by Gasteiger charge is -2.36. The molecule has 3 saturated heterocycles. The Labute approximate surface area is 104 Å². The van der Waals surface area contributed by atoms with Crippen LogP contribution in [0.25, 0.3) is 0 Å². The van der Waals surface area contributed by atoms with Gasteiger partial charge < -0.3 is 0 Å². The summed E-state index contributed by atoms with van der Waals surface area (Å²) in [6, 6.07) is 1.95. The zero-order valence-electron chi connectivity index (χ0n) is 11.3. The third kappa shape index (κ3) is 1.73. The Kier molecular flexibility index (Phi) is 2.72. The minimum absolute atomic E-state index is 0.469. The third-order valence-electron chi connectivity index (χ3n) is 4.53. The van der Waals surface area contributed by atoms with E-state index in [0.717, 1.165) is 13.1 Å². The molecular weight excluding hydrogens is 233 g/mol. The van der Waals surface area contributed by atoms with E-state index in [0.29, 0.717) is 24.2 Å². The van der Waals surface area contributed by atoms with Crippen LogP contribution in [-0.4, -0.2) is 51.3 Å². The van der Waals surface area contributed by atoms with Crippen LogP contribution in [0.4, 0.5) is 0 Å². The van der Waals surface area contributed by atoms with Crippen molar-refractivity contribution >= 4 is 7.59 Å². The van der Waals surface area contributed by atoms with E-state index in [1.54, 1.807) is 0 Å². The normalized spacial score (nSPS) is 53.4. The van der Waals surface area contributed by atoms with Gasteiger partial charge in [-0.1, -0.05) is 0 Å². The molecule has 3 heterocycles. The summed E-state index contributed by atoms with van der Waals surface area (Å²) >= 11 is 0. The second kappa shape index (κ2) is 3.80. The zero-order chi connectivity index (χ0) is 12.4. The van der Waals surface area contributed by atoms with Crippen molar-refractivity contribution in [3.8, 4) is 0 Å². The van der Waals surface area contributed by atoms with Crippen LogP contribution in [-0.2, 0) is 4.57 Å². The van der Waals surface area contributed by atoms with Crippen molar-refractivity contribution in [2.45, 2.75) is 64.7 Å². The van der Waals surface area contributed by atoms with Gasteiger partial charge in [0.05, 0.1) is 0 Å². The Morgan fingerprint density at radius 2 is 1.18 bits per heavy atom. The van der Waals surface area contributed by atoms with Crippen LogP contribution in [0.1, 0.15) is 40.5 Å². The minimum atomic E-state index is -2.41. The molecule has 5 heteroatoms. The highest BCUT2D eigenvalue weighted by Gasteiger charge is 2.60. The number of hydrogen-bond donors (Lipinski definition) is 0. The number of hydrogen-bond acceptors (Lipinski definition) is 1. The van der Waals surface area contributed by atoms with Gasteiger partial charge >= 0.3 is 0 Å². The smallest absolute Gasteiger partial charge is 0.270 e. The van der Waals surface area contributed by atoms with E-state index in [2.05, 4.69) is 41.7 Å². The van der Waals surface area contributed by atoms with Crippen molar-refractivity contribution in [3.63, 3.8) is 0 Å². The maximum absolute atomic E-state index is 13.6. The molecule has 4 nitrogen and oxygen atoms in total. The monoisotopic (exact) mass is 257 g/mol. The standard InChI is InChI=1S/C12H24N3OP/c1-9-5-6-10(2)15(9)17(16,13-7-11(13)3)14-8-12(14)4/h9-12H,5-8H2,1-4H3/t9-,10-,11-,12+,13?,14?,17?/m1/s1. The molecule has 0 aromatic heterocycles. The van der Waals surface area contributed by atoms with Crippen molar-refractivity contribution < 1.29 is 4.57 Å². The lowest BCUT2D eigenvalue weighted by Crippen LogP contribution is -2.35. The molecule has 7 atom stereocenters. The first-order valence-corrected chi connectivity index (χ1v) is 8.46. The molecule has 0 spiro atoms. The molecule has 3 rings (SSSR count). The minimum Gasteiger partial charge on any atom is -0.270 e. The van der Waals surface area contributed by atoms with Crippen molar-refractivity contribution in [1.82, 2.24) is 14.0 Å². The van der Waals surface area contributed by atoms with Crippen molar-refractivity contribution in [2.75, 3.05) is 13.1 Å². The molecule has 0 bridgehead atoms. The Morgan fingerprint density at radius 1 is 0.824 bits per heavy atom. The molecule has 0 amide bonds. The average molecular weight is 257 g/mol. The lowest BCUT2D eigenvalue weighted by molar-refractivity contribution is 0.308. The molecule has 3 aliphatic rings. The molecule has 3 fully saturated rings. The average Bonchev–Trinajstić information content (AvgIpc) is 3.12. The van der Waals surface area contributed by atoms with E-state index >= 15 is 0 Å². The first-order chi connectivity index (χ1) is 7.96. The van der Waals surface area contributed by atoms with Gasteiger partial charge in [0.1, 0.15) is 0 Å². The maximum atomic E-state index is 13.6. The summed E-state index contributed by atoms with van der Waals surface area (Å²) < 4.78 is 20.4. The summed E-state index contributed by atoms with van der Waals surface area (Å²) in [6.45, 7) is 10.9. The van der Waals surface area contributed by atoms with Gasteiger partial charge in [-0.3, -0.25) is 4.57 Å². The summed E-state index contributed by atoms with van der Waals surface area (Å²) in [7, 11) is -2.41. The Morgan fingerprint density at radius 3 is 1.47 bits per heavy atom. The van der Waals surface area contributed by atoms with Crippen LogP contribution in [0.15, 0.2) is 0 Å². The molecule has 3 unspecified atom stereocenters. The SMILES string of the molecule is C[C@@H]1CN1P(=O)(N1C[C@@H]1C)N1[C@H](C)CC[C@H]1C. The second-order valence-electron chi connectivity index (χ2n) is 6.11. The summed E-state index contributed by atoms with van der Waals surface area (Å²) in [6.07, 6.45) is 2.38. The van der Waals surface area contributed by atoms with E-state index in [9.17, 15) is 4.57 Å². The first-order valence-electron chi connectivity index (χ1n) is 6.89. The zero-order valence-corrected chi connectivity index (χ0v) is 12.2. The van der Waals surface area contributed by atoms with Crippen LogP contribution in [0, 0.1) is 0 Å². The first kappa shape index (κ1) is 12.2. The summed E-state index contributed by atoms with van der Waals surface area (Å²) in [4.78, 5) is 0. The summed E-state index contributed by atoms with van der Waals surface area (Å²) in [5, 5.41) is 0. The molecule has 98 valence electrons. The van der Waals surface area contributed by atoms with Gasteiger partial charge in [0.25, 0.3) is 7.59 Å². The molecule has 17 heavy (non-hydrogen) atoms. The Balaban J connectivity index is 1.91. The summed E-state index contributed by atoms with van der Waals surface area (Å²) in [5.74, 6) is 0. The highest BCUT2D eigenvalue weighted by molar-refractivity contribution is 7.57. The fourth-order valence-corrected chi connectivity index (χ4v) is 7.29. The fraction of sp³-hybridized carbons (Fsp3) is 1.00. The van der Waals surface area contributed by atoms with E-state index in [1.165, 1.54) is 12.8 Å². The van der Waals surface area contributed by atoms with E-state index in [-0.39, 0.29) is 0 Å². The topological polar surface area (TPSA) is 26.3 Å². The Bertz CT molecular complexity index is 345. The highest BCUT2D eigenvalue weighted by Crippen LogP contribution is 2.68. The van der Waals surface area contributed by atoms with E-state index < -0.39 is 7.59 Å². The van der Waals surface area contributed by atoms with Crippen molar-refractivity contribution in [3.05, 3.63) is 0 Å². The molecule has 0 aromatic rings. The van der Waals surface area contributed by atoms with Crippen LogP contribution in [0.5, 0.6) is 0 Å². The van der Waals surface area contributed by atoms with Gasteiger partial charge in [-0.05, 0) is 40.5 Å². The largest absolute Gasteiger partial charge is 0.288 e. The van der Waals surface area contributed by atoms with Crippen molar-refractivity contribution in [2.24, 2.45) is 0 Å². The van der Waals surface area contributed by atoms with Gasteiger partial charge in [-0.25, -0.2) is 14.0 Å². The Hall–Kier alpha value is 0.110. The van der Waals surface area contributed by atoms with Gasteiger partial charge in [0, 0.05) is 37.3 Å². The van der Waals surface area contributed by atoms with Crippen LogP contribution in [0.2, 0.25) is 0 Å². The van der Waals surface area contributed by atoms with E-state index in [1.807, 2.05) is 0 Å². The number of rotatable bonds is 3. The fourth-order valence-electron chi connectivity index (χ4n) is 3.28. The molecular formula is C12H24N3OP. The number of nitrogens with zero attached hydrogens (tertiary/aromatic N) is 3. The highest BCUT2D eigenvalue weighted by atomic mass is 31.2. The molecule has 0 radical (unpaired) electrons. The van der Waals surface area contributed by atoms with E-state index in [4.69, 9.17) is 0 Å². The van der Waals surface area contributed by atoms with Crippen LogP contribution >= 0.6 is 7.59 Å². The van der Waals surface area contributed by atoms with Gasteiger partial charge in [0.15, 0.2) is 0 Å². The van der Waals surface area contributed by atoms with Crippen molar-refractivity contribution in [1.29, 1.82) is 0 Å². The van der Waals surface area contributed by atoms with Crippen LogP contribution in [0.3, 0.4) is 0 Å². The molecule has 3 aliphatic heterocycles. The quantitative estimate of drug-likeness (QED) is 0.573. The predicted molar refractivity (Wildman–Crippen MR) is 69.9 cm³/mol.